The first-order valence-electron chi connectivity index (χ1n) is 9.36. The van der Waals surface area contributed by atoms with Crippen LogP contribution >= 0.6 is 0 Å². The van der Waals surface area contributed by atoms with E-state index in [1.165, 1.54) is 19.3 Å². The number of benzene rings is 1. The number of amides is 2. The molecule has 24 heavy (non-hydrogen) atoms. The lowest BCUT2D eigenvalue weighted by Crippen LogP contribution is -2.41. The van der Waals surface area contributed by atoms with E-state index in [0.29, 0.717) is 18.0 Å². The zero-order valence-electron chi connectivity index (χ0n) is 15.0. The van der Waals surface area contributed by atoms with Crippen molar-refractivity contribution in [2.75, 3.05) is 11.9 Å². The van der Waals surface area contributed by atoms with Crippen LogP contribution in [0.25, 0.3) is 0 Å². The summed E-state index contributed by atoms with van der Waals surface area (Å²) in [5, 5.41) is 2.89. The van der Waals surface area contributed by atoms with Crippen LogP contribution in [0, 0.1) is 0 Å². The van der Waals surface area contributed by atoms with E-state index in [4.69, 9.17) is 0 Å². The van der Waals surface area contributed by atoms with Crippen molar-refractivity contribution in [2.24, 2.45) is 0 Å². The van der Waals surface area contributed by atoms with E-state index in [1.807, 2.05) is 29.2 Å². The van der Waals surface area contributed by atoms with E-state index < -0.39 is 0 Å². The number of unbranched alkanes of at least 4 members (excludes halogenated alkanes) is 1. The van der Waals surface area contributed by atoms with Gasteiger partial charge in [-0.05, 0) is 50.5 Å². The van der Waals surface area contributed by atoms with Crippen molar-refractivity contribution in [2.45, 2.75) is 71.3 Å². The molecule has 4 nitrogen and oxygen atoms in total. The van der Waals surface area contributed by atoms with Crippen molar-refractivity contribution in [3.63, 3.8) is 0 Å². The lowest BCUT2D eigenvalue weighted by Gasteiger charge is -2.33. The summed E-state index contributed by atoms with van der Waals surface area (Å²) in [6, 6.07) is 7.68. The molecule has 0 atom stereocenters. The Morgan fingerprint density at radius 2 is 1.75 bits per heavy atom. The number of carbonyl (C=O) groups is 2. The summed E-state index contributed by atoms with van der Waals surface area (Å²) in [5.74, 6) is 0.140. The van der Waals surface area contributed by atoms with Gasteiger partial charge in [0.2, 0.25) is 5.91 Å². The van der Waals surface area contributed by atoms with Gasteiger partial charge in [0.1, 0.15) is 0 Å². The highest BCUT2D eigenvalue weighted by Crippen LogP contribution is 2.24. The molecule has 0 radical (unpaired) electrons. The molecule has 1 fully saturated rings. The van der Waals surface area contributed by atoms with Crippen molar-refractivity contribution in [1.29, 1.82) is 0 Å². The predicted octanol–water partition coefficient (Wildman–Crippen LogP) is 4.61. The molecule has 0 unspecified atom stereocenters. The zero-order valence-corrected chi connectivity index (χ0v) is 15.0. The zero-order chi connectivity index (χ0) is 17.4. The van der Waals surface area contributed by atoms with E-state index in [0.717, 1.165) is 37.9 Å². The number of rotatable bonds is 7. The summed E-state index contributed by atoms with van der Waals surface area (Å²) in [4.78, 5) is 26.6. The molecule has 0 bridgehead atoms. The molecule has 2 rings (SSSR count). The molecule has 4 heteroatoms. The Balaban J connectivity index is 1.97. The molecule has 2 amide bonds. The van der Waals surface area contributed by atoms with Crippen LogP contribution in [-0.2, 0) is 4.79 Å². The number of hydrogen-bond donors (Lipinski definition) is 1. The van der Waals surface area contributed by atoms with Crippen LogP contribution in [0.2, 0.25) is 0 Å². The molecule has 0 saturated heterocycles. The molecule has 0 spiro atoms. The first-order chi connectivity index (χ1) is 11.7. The molecule has 1 aromatic carbocycles. The third-order valence-corrected chi connectivity index (χ3v) is 4.79. The second-order valence-electron chi connectivity index (χ2n) is 6.61. The van der Waals surface area contributed by atoms with Crippen molar-refractivity contribution in [3.05, 3.63) is 29.8 Å². The lowest BCUT2D eigenvalue weighted by molar-refractivity contribution is -0.116. The van der Waals surface area contributed by atoms with Crippen LogP contribution < -0.4 is 5.32 Å². The smallest absolute Gasteiger partial charge is 0.254 e. The fourth-order valence-electron chi connectivity index (χ4n) is 3.38. The van der Waals surface area contributed by atoms with Crippen molar-refractivity contribution >= 4 is 17.5 Å². The average Bonchev–Trinajstić information content (AvgIpc) is 2.62. The molecule has 0 aromatic heterocycles. The normalized spacial score (nSPS) is 15.1. The summed E-state index contributed by atoms with van der Waals surface area (Å²) in [7, 11) is 0. The predicted molar refractivity (Wildman–Crippen MR) is 98.2 cm³/mol. The fraction of sp³-hybridized carbons (Fsp3) is 0.600. The molecule has 1 saturated carbocycles. The number of nitrogens with zero attached hydrogens (tertiary/aromatic N) is 1. The summed E-state index contributed by atoms with van der Waals surface area (Å²) in [6.07, 6.45) is 8.41. The van der Waals surface area contributed by atoms with E-state index in [1.54, 1.807) is 0 Å². The van der Waals surface area contributed by atoms with Crippen LogP contribution in [0.3, 0.4) is 0 Å². The molecule has 0 heterocycles. The maximum Gasteiger partial charge on any atom is 0.254 e. The van der Waals surface area contributed by atoms with Gasteiger partial charge in [0.25, 0.3) is 5.91 Å². The summed E-state index contributed by atoms with van der Waals surface area (Å²) < 4.78 is 0. The average molecular weight is 330 g/mol. The Morgan fingerprint density at radius 1 is 1.08 bits per heavy atom. The first kappa shape index (κ1) is 18.5. The SMILES string of the molecule is CCCCC(=O)Nc1ccc(C(=O)N(CC)C2CCCCC2)cc1. The van der Waals surface area contributed by atoms with E-state index in [-0.39, 0.29) is 11.8 Å². The lowest BCUT2D eigenvalue weighted by atomic mass is 9.93. The van der Waals surface area contributed by atoms with Gasteiger partial charge in [-0.3, -0.25) is 9.59 Å². The highest BCUT2D eigenvalue weighted by molar-refractivity contribution is 5.96. The van der Waals surface area contributed by atoms with Gasteiger partial charge in [-0.15, -0.1) is 0 Å². The minimum Gasteiger partial charge on any atom is -0.336 e. The van der Waals surface area contributed by atoms with Crippen LogP contribution in [0.4, 0.5) is 5.69 Å². The highest BCUT2D eigenvalue weighted by Gasteiger charge is 2.24. The second-order valence-corrected chi connectivity index (χ2v) is 6.61. The van der Waals surface area contributed by atoms with E-state index in [9.17, 15) is 9.59 Å². The van der Waals surface area contributed by atoms with Crippen LogP contribution in [0.15, 0.2) is 24.3 Å². The van der Waals surface area contributed by atoms with Gasteiger partial charge in [-0.25, -0.2) is 0 Å². The van der Waals surface area contributed by atoms with Gasteiger partial charge < -0.3 is 10.2 Å². The van der Waals surface area contributed by atoms with Gasteiger partial charge in [0.15, 0.2) is 0 Å². The Morgan fingerprint density at radius 3 is 2.33 bits per heavy atom. The van der Waals surface area contributed by atoms with Gasteiger partial charge in [0.05, 0.1) is 0 Å². The van der Waals surface area contributed by atoms with Crippen molar-refractivity contribution < 1.29 is 9.59 Å². The minimum atomic E-state index is 0.0355. The molecular formula is C20H30N2O2. The van der Waals surface area contributed by atoms with Crippen molar-refractivity contribution in [3.8, 4) is 0 Å². The Kier molecular flexibility index (Phi) is 7.29. The molecule has 132 valence electrons. The molecule has 1 N–H and O–H groups in total. The minimum absolute atomic E-state index is 0.0355. The van der Waals surface area contributed by atoms with Gasteiger partial charge in [-0.2, -0.15) is 0 Å². The number of anilines is 1. The quantitative estimate of drug-likeness (QED) is 0.793. The molecule has 1 aromatic rings. The van der Waals surface area contributed by atoms with Crippen molar-refractivity contribution in [1.82, 2.24) is 4.90 Å². The summed E-state index contributed by atoms with van der Waals surface area (Å²) in [6.45, 7) is 4.87. The topological polar surface area (TPSA) is 49.4 Å². The van der Waals surface area contributed by atoms with Crippen LogP contribution in [-0.4, -0.2) is 29.3 Å². The third-order valence-electron chi connectivity index (χ3n) is 4.79. The monoisotopic (exact) mass is 330 g/mol. The summed E-state index contributed by atoms with van der Waals surface area (Å²) in [5.41, 5.74) is 1.46. The van der Waals surface area contributed by atoms with E-state index >= 15 is 0 Å². The standard InChI is InChI=1S/C20H30N2O2/c1-3-5-11-19(23)21-17-14-12-16(13-15-17)20(24)22(4-2)18-9-7-6-8-10-18/h12-15,18H,3-11H2,1-2H3,(H,21,23). The van der Waals surface area contributed by atoms with Gasteiger partial charge in [-0.1, -0.05) is 32.6 Å². The molecule has 1 aliphatic rings. The van der Waals surface area contributed by atoms with Gasteiger partial charge >= 0.3 is 0 Å². The third kappa shape index (κ3) is 5.08. The summed E-state index contributed by atoms with van der Waals surface area (Å²) >= 11 is 0. The Hall–Kier alpha value is -1.84. The number of carbonyl (C=O) groups excluding carboxylic acids is 2. The maximum atomic E-state index is 12.8. The Labute approximate surface area is 145 Å². The second kappa shape index (κ2) is 9.45. The molecule has 0 aliphatic heterocycles. The van der Waals surface area contributed by atoms with E-state index in [2.05, 4.69) is 19.2 Å². The molecule has 1 aliphatic carbocycles. The van der Waals surface area contributed by atoms with Gasteiger partial charge in [0, 0.05) is 30.3 Å². The van der Waals surface area contributed by atoms with Crippen LogP contribution in [0.1, 0.15) is 75.6 Å². The number of nitrogens with one attached hydrogen (secondary N) is 1. The Bertz CT molecular complexity index is 533. The largest absolute Gasteiger partial charge is 0.336 e. The fourth-order valence-corrected chi connectivity index (χ4v) is 3.38. The molecular weight excluding hydrogens is 300 g/mol. The van der Waals surface area contributed by atoms with Crippen LogP contribution in [0.5, 0.6) is 0 Å². The maximum absolute atomic E-state index is 12.8. The highest BCUT2D eigenvalue weighted by atomic mass is 16.2. The number of hydrogen-bond acceptors (Lipinski definition) is 2. The first-order valence-corrected chi connectivity index (χ1v) is 9.36.